The molecule has 2 atom stereocenters. The van der Waals surface area contributed by atoms with Crippen molar-refractivity contribution in [3.63, 3.8) is 0 Å². The summed E-state index contributed by atoms with van der Waals surface area (Å²) in [5, 5.41) is 27.0. The molecule has 0 fully saturated rings. The molecule has 1 heterocycles. The van der Waals surface area contributed by atoms with Crippen LogP contribution < -0.4 is 14.8 Å². The van der Waals surface area contributed by atoms with Crippen molar-refractivity contribution < 1.29 is 14.6 Å². The van der Waals surface area contributed by atoms with Gasteiger partial charge in [-0.1, -0.05) is 97.1 Å². The van der Waals surface area contributed by atoms with Crippen LogP contribution in [0.4, 0.5) is 0 Å². The van der Waals surface area contributed by atoms with Crippen LogP contribution in [-0.2, 0) is 24.0 Å². The van der Waals surface area contributed by atoms with Crippen molar-refractivity contribution in [2.75, 3.05) is 6.79 Å². The summed E-state index contributed by atoms with van der Waals surface area (Å²) in [7, 11) is 0. The summed E-state index contributed by atoms with van der Waals surface area (Å²) < 4.78 is 11.5. The summed E-state index contributed by atoms with van der Waals surface area (Å²) in [6.45, 7) is 0.167. The lowest BCUT2D eigenvalue weighted by Crippen LogP contribution is -2.56. The number of aliphatic hydroxyl groups is 1. The first-order valence-electron chi connectivity index (χ1n) is 14.3. The second kappa shape index (κ2) is 9.32. The molecule has 2 N–H and O–H groups in total. The third kappa shape index (κ3) is 3.50. The van der Waals surface area contributed by atoms with Crippen LogP contribution in [0.1, 0.15) is 38.9 Å². The van der Waals surface area contributed by atoms with Gasteiger partial charge >= 0.3 is 0 Å². The van der Waals surface area contributed by atoms with E-state index in [2.05, 4.69) is 84.2 Å². The second-order valence-electron chi connectivity index (χ2n) is 11.3. The molecule has 42 heavy (non-hydrogen) atoms. The predicted octanol–water partition coefficient (Wildman–Crippen LogP) is 6.20. The van der Waals surface area contributed by atoms with E-state index in [1.165, 1.54) is 11.1 Å². The Balaban J connectivity index is 1.34. The van der Waals surface area contributed by atoms with E-state index in [4.69, 9.17) is 9.47 Å². The number of hydrogen-bond acceptors (Lipinski definition) is 5. The second-order valence-corrected chi connectivity index (χ2v) is 11.3. The van der Waals surface area contributed by atoms with Crippen molar-refractivity contribution >= 4 is 0 Å². The lowest BCUT2D eigenvalue weighted by Gasteiger charge is -2.42. The maximum atomic E-state index is 13.0. The molecule has 5 nitrogen and oxygen atoms in total. The Kier molecular flexibility index (Phi) is 5.52. The van der Waals surface area contributed by atoms with Gasteiger partial charge in [0.1, 0.15) is 5.60 Å². The van der Waals surface area contributed by atoms with Gasteiger partial charge in [0.2, 0.25) is 6.79 Å². The van der Waals surface area contributed by atoms with Crippen molar-refractivity contribution in [2.24, 2.45) is 0 Å². The third-order valence-corrected chi connectivity index (χ3v) is 9.21. The average molecular weight is 549 g/mol. The molecule has 1 unspecified atom stereocenters. The summed E-state index contributed by atoms with van der Waals surface area (Å²) >= 11 is 0. The minimum Gasteiger partial charge on any atom is -0.454 e. The number of nitrogens with zero attached hydrogens (tertiary/aromatic N) is 1. The van der Waals surface area contributed by atoms with Gasteiger partial charge in [0.25, 0.3) is 0 Å². The average Bonchev–Trinajstić information content (AvgIpc) is 3.69. The van der Waals surface area contributed by atoms with Crippen LogP contribution in [0.5, 0.6) is 11.5 Å². The van der Waals surface area contributed by atoms with E-state index in [-0.39, 0.29) is 13.2 Å². The van der Waals surface area contributed by atoms with Gasteiger partial charge in [0.05, 0.1) is 17.2 Å². The largest absolute Gasteiger partial charge is 0.454 e. The van der Waals surface area contributed by atoms with Crippen molar-refractivity contribution in [3.05, 3.63) is 154 Å². The molecule has 5 aromatic rings. The van der Waals surface area contributed by atoms with Gasteiger partial charge in [-0.3, -0.25) is 5.32 Å². The van der Waals surface area contributed by atoms with E-state index in [0.29, 0.717) is 23.5 Å². The first-order chi connectivity index (χ1) is 20.6. The highest BCUT2D eigenvalue weighted by molar-refractivity contribution is 5.83. The molecule has 0 radical (unpaired) electrons. The summed E-state index contributed by atoms with van der Waals surface area (Å²) in [4.78, 5) is 0. The van der Waals surface area contributed by atoms with Gasteiger partial charge in [0, 0.05) is 12.5 Å². The van der Waals surface area contributed by atoms with Crippen molar-refractivity contribution in [2.45, 2.75) is 30.0 Å². The smallest absolute Gasteiger partial charge is 0.231 e. The minimum absolute atomic E-state index is 0.167. The number of fused-ring (bicyclic) bond motifs is 5. The number of nitrogens with one attached hydrogen (secondary N) is 1. The molecule has 3 aliphatic rings. The van der Waals surface area contributed by atoms with E-state index >= 15 is 0 Å². The van der Waals surface area contributed by atoms with E-state index in [9.17, 15) is 10.4 Å². The number of benzene rings is 5. The number of ether oxygens (including phenoxy) is 2. The molecule has 0 spiro atoms. The third-order valence-electron chi connectivity index (χ3n) is 9.21. The first-order valence-corrected chi connectivity index (χ1v) is 14.3. The number of hydrogen-bond donors (Lipinski definition) is 2. The van der Waals surface area contributed by atoms with Crippen LogP contribution in [0.3, 0.4) is 0 Å². The first kappa shape index (κ1) is 24.9. The molecular weight excluding hydrogens is 520 g/mol. The molecule has 5 heteroatoms. The molecule has 2 aliphatic carbocycles. The predicted molar refractivity (Wildman–Crippen MR) is 160 cm³/mol. The van der Waals surface area contributed by atoms with Gasteiger partial charge in [-0.2, -0.15) is 5.26 Å². The molecular formula is C37H28N2O3. The quantitative estimate of drug-likeness (QED) is 0.273. The van der Waals surface area contributed by atoms with Gasteiger partial charge in [0.15, 0.2) is 11.5 Å². The van der Waals surface area contributed by atoms with Crippen LogP contribution in [0.15, 0.2) is 115 Å². The van der Waals surface area contributed by atoms with Crippen LogP contribution >= 0.6 is 0 Å². The Hall–Kier alpha value is -4.89. The normalized spacial score (nSPS) is 20.4. The molecule has 1 aliphatic heterocycles. The minimum atomic E-state index is -1.34. The highest BCUT2D eigenvalue weighted by Gasteiger charge is 2.53. The molecule has 0 saturated carbocycles. The zero-order valence-corrected chi connectivity index (χ0v) is 22.9. The highest BCUT2D eigenvalue weighted by Crippen LogP contribution is 2.53. The fraction of sp³-hybridized carbons (Fsp3) is 0.162. The molecule has 0 amide bonds. The van der Waals surface area contributed by atoms with Crippen LogP contribution in [0, 0.1) is 11.3 Å². The standard InChI is InChI=1S/C37H28N2O3/c38-22-25-11-5-4-10-24(25)21-36(40)32-20-34-33(41-23-42-34)18-26(32)19-35(36)39-37(27-12-2-1-3-13-27)30-16-8-6-14-28(30)29-15-7-9-17-31(29)37/h1-18,20,35,39-40H,19,21,23H2/t35-,36?/m1/s1. The van der Waals surface area contributed by atoms with Gasteiger partial charge < -0.3 is 14.6 Å². The monoisotopic (exact) mass is 548 g/mol. The van der Waals surface area contributed by atoms with E-state index in [1.807, 2.05) is 42.5 Å². The van der Waals surface area contributed by atoms with Gasteiger partial charge in [-0.25, -0.2) is 0 Å². The number of nitriles is 1. The van der Waals surface area contributed by atoms with Gasteiger partial charge in [-0.05, 0) is 69.1 Å². The molecule has 8 rings (SSSR count). The molecule has 0 bridgehead atoms. The topological polar surface area (TPSA) is 74.5 Å². The molecule has 5 aromatic carbocycles. The summed E-state index contributed by atoms with van der Waals surface area (Å²) in [6.07, 6.45) is 0.852. The Morgan fingerprint density at radius 2 is 1.38 bits per heavy atom. The van der Waals surface area contributed by atoms with Crippen molar-refractivity contribution in [1.29, 1.82) is 5.26 Å². The summed E-state index contributed by atoms with van der Waals surface area (Å²) in [5.74, 6) is 1.33. The fourth-order valence-electron chi connectivity index (χ4n) is 7.33. The van der Waals surface area contributed by atoms with E-state index in [1.54, 1.807) is 0 Å². The van der Waals surface area contributed by atoms with E-state index in [0.717, 1.165) is 33.4 Å². The summed E-state index contributed by atoms with van der Waals surface area (Å²) in [5.41, 5.74) is 6.91. The maximum Gasteiger partial charge on any atom is 0.231 e. The zero-order chi connectivity index (χ0) is 28.3. The lowest BCUT2D eigenvalue weighted by atomic mass is 9.77. The lowest BCUT2D eigenvalue weighted by molar-refractivity contribution is 0.00186. The van der Waals surface area contributed by atoms with Crippen molar-refractivity contribution in [1.82, 2.24) is 5.32 Å². The summed E-state index contributed by atoms with van der Waals surface area (Å²) in [6, 6.07) is 41.0. The molecule has 0 aromatic heterocycles. The number of rotatable bonds is 5. The maximum absolute atomic E-state index is 13.0. The molecule has 0 saturated heterocycles. The highest BCUT2D eigenvalue weighted by atomic mass is 16.7. The zero-order valence-electron chi connectivity index (χ0n) is 22.9. The van der Waals surface area contributed by atoms with Crippen molar-refractivity contribution in [3.8, 4) is 28.7 Å². The Labute approximate surface area is 244 Å². The Morgan fingerprint density at radius 1 is 0.762 bits per heavy atom. The van der Waals surface area contributed by atoms with Crippen LogP contribution in [-0.4, -0.2) is 17.9 Å². The van der Waals surface area contributed by atoms with Crippen LogP contribution in [0.2, 0.25) is 0 Å². The van der Waals surface area contributed by atoms with E-state index < -0.39 is 17.2 Å². The Bertz CT molecular complexity index is 1850. The Morgan fingerprint density at radius 3 is 2.10 bits per heavy atom. The van der Waals surface area contributed by atoms with Crippen LogP contribution in [0.25, 0.3) is 11.1 Å². The molecule has 204 valence electrons. The van der Waals surface area contributed by atoms with Gasteiger partial charge in [-0.15, -0.1) is 0 Å². The fourth-order valence-corrected chi connectivity index (χ4v) is 7.33. The SMILES string of the molecule is N#Cc1ccccc1CC1(O)c2cc3c(cc2C[C@H]1NC1(c2ccccc2)c2ccccc2-c2ccccc21)OCO3.